The van der Waals surface area contributed by atoms with Gasteiger partial charge in [-0.15, -0.1) is 0 Å². The maximum atomic E-state index is 5.69. The van der Waals surface area contributed by atoms with Gasteiger partial charge in [0.2, 0.25) is 5.95 Å². The molecule has 2 aliphatic heterocycles. The van der Waals surface area contributed by atoms with Crippen LogP contribution < -0.4 is 4.90 Å². The highest BCUT2D eigenvalue weighted by Crippen LogP contribution is 2.39. The number of piperidine rings is 1. The molecule has 7 rings (SSSR count). The second kappa shape index (κ2) is 10.2. The van der Waals surface area contributed by atoms with Gasteiger partial charge in [-0.1, -0.05) is 32.4 Å². The van der Waals surface area contributed by atoms with Crippen molar-refractivity contribution in [2.24, 2.45) is 18.9 Å². The lowest BCUT2D eigenvalue weighted by molar-refractivity contribution is 0.122. The van der Waals surface area contributed by atoms with Gasteiger partial charge in [0.15, 0.2) is 17.0 Å². The van der Waals surface area contributed by atoms with Gasteiger partial charge in [-0.2, -0.15) is 9.97 Å². The van der Waals surface area contributed by atoms with Crippen LogP contribution in [0.1, 0.15) is 63.5 Å². The van der Waals surface area contributed by atoms with Gasteiger partial charge in [0.1, 0.15) is 11.6 Å². The Morgan fingerprint density at radius 2 is 1.69 bits per heavy atom. The third-order valence-corrected chi connectivity index (χ3v) is 9.29. The molecule has 0 amide bonds. The Balaban J connectivity index is 1.33. The second-order valence-electron chi connectivity index (χ2n) is 12.0. The average molecular weight is 529 g/mol. The van der Waals surface area contributed by atoms with Crippen LogP contribution in [0.3, 0.4) is 0 Å². The summed E-state index contributed by atoms with van der Waals surface area (Å²) in [5.41, 5.74) is 3.87. The van der Waals surface area contributed by atoms with Crippen LogP contribution in [-0.2, 0) is 18.3 Å². The highest BCUT2D eigenvalue weighted by atomic mass is 16.5. The summed E-state index contributed by atoms with van der Waals surface area (Å²) in [7, 11) is 2.12. The molecule has 1 saturated carbocycles. The first-order valence-corrected chi connectivity index (χ1v) is 14.8. The molecule has 0 unspecified atom stereocenters. The zero-order valence-corrected chi connectivity index (χ0v) is 23.5. The van der Waals surface area contributed by atoms with Crippen LogP contribution in [0.25, 0.3) is 28.1 Å². The molecular weight excluding hydrogens is 488 g/mol. The number of fused-ring (bicyclic) bond motifs is 2. The summed E-state index contributed by atoms with van der Waals surface area (Å²) in [5, 5.41) is 0. The van der Waals surface area contributed by atoms with Crippen molar-refractivity contribution in [2.75, 3.05) is 44.3 Å². The van der Waals surface area contributed by atoms with Crippen LogP contribution in [0.15, 0.2) is 24.3 Å². The molecule has 0 atom stereocenters. The van der Waals surface area contributed by atoms with E-state index in [1.54, 1.807) is 0 Å². The molecule has 3 aromatic heterocycles. The summed E-state index contributed by atoms with van der Waals surface area (Å²) in [5.74, 6) is 5.81. The Hall–Kier alpha value is -3.04. The van der Waals surface area contributed by atoms with Gasteiger partial charge in [0.25, 0.3) is 0 Å². The van der Waals surface area contributed by atoms with E-state index in [0.29, 0.717) is 25.1 Å². The predicted octanol–water partition coefficient (Wildman–Crippen LogP) is 4.67. The number of rotatable bonds is 6. The van der Waals surface area contributed by atoms with Crippen LogP contribution in [0, 0.1) is 11.8 Å². The third kappa shape index (κ3) is 4.49. The van der Waals surface area contributed by atoms with E-state index in [9.17, 15) is 0 Å². The van der Waals surface area contributed by atoms with Crippen molar-refractivity contribution in [2.45, 2.75) is 58.4 Å². The standard InChI is InChI=1S/C30H40N8O/c1-20(2)21-11-13-36(14-12-21)19-25-32-26-28(35(25)3)33-30(34-29(26)37-15-17-39-18-16-37)38-24-10-5-4-9-23(24)31-27(38)22-7-6-8-22/h4-5,9-10,20-22H,6-8,11-19H2,1-3H3. The maximum Gasteiger partial charge on any atom is 0.239 e. The van der Waals surface area contributed by atoms with Crippen molar-refractivity contribution in [3.8, 4) is 5.95 Å². The zero-order valence-electron chi connectivity index (χ0n) is 23.5. The second-order valence-corrected chi connectivity index (χ2v) is 12.0. The molecule has 1 aromatic carbocycles. The third-order valence-electron chi connectivity index (χ3n) is 9.29. The first-order chi connectivity index (χ1) is 19.1. The van der Waals surface area contributed by atoms with Gasteiger partial charge in [-0.3, -0.25) is 9.47 Å². The number of aromatic nitrogens is 6. The molecule has 5 heterocycles. The number of benzene rings is 1. The Morgan fingerprint density at radius 1 is 0.923 bits per heavy atom. The molecule has 0 N–H and O–H groups in total. The quantitative estimate of drug-likeness (QED) is 0.360. The minimum atomic E-state index is 0.458. The van der Waals surface area contributed by atoms with Crippen molar-refractivity contribution < 1.29 is 4.74 Å². The largest absolute Gasteiger partial charge is 0.378 e. The number of para-hydroxylation sites is 2. The smallest absolute Gasteiger partial charge is 0.239 e. The van der Waals surface area contributed by atoms with E-state index in [1.807, 2.05) is 0 Å². The average Bonchev–Trinajstić information content (AvgIpc) is 3.45. The van der Waals surface area contributed by atoms with Gasteiger partial charge < -0.3 is 14.2 Å². The predicted molar refractivity (Wildman–Crippen MR) is 153 cm³/mol. The van der Waals surface area contributed by atoms with Crippen LogP contribution >= 0.6 is 0 Å². The number of hydrogen-bond donors (Lipinski definition) is 0. The van der Waals surface area contributed by atoms with E-state index in [-0.39, 0.29) is 0 Å². The molecular formula is C30H40N8O. The SMILES string of the molecule is CC(C)C1CCN(Cc2nc3c(N4CCOCC4)nc(-n4c(C5CCC5)nc5ccccc54)nc3n2C)CC1. The molecule has 1 aliphatic carbocycles. The van der Waals surface area contributed by atoms with Crippen LogP contribution in [0.2, 0.25) is 0 Å². The fourth-order valence-electron chi connectivity index (χ4n) is 6.49. The highest BCUT2D eigenvalue weighted by molar-refractivity contribution is 5.86. The van der Waals surface area contributed by atoms with E-state index in [2.05, 4.69) is 64.1 Å². The van der Waals surface area contributed by atoms with E-state index in [4.69, 9.17) is 24.7 Å². The lowest BCUT2D eigenvalue weighted by Gasteiger charge is -2.33. The number of imidazole rings is 2. The molecule has 206 valence electrons. The molecule has 9 heteroatoms. The number of hydrogen-bond acceptors (Lipinski definition) is 7. The minimum Gasteiger partial charge on any atom is -0.378 e. The van der Waals surface area contributed by atoms with Crippen molar-refractivity contribution in [3.63, 3.8) is 0 Å². The molecule has 2 saturated heterocycles. The first-order valence-electron chi connectivity index (χ1n) is 14.8. The number of anilines is 1. The van der Waals surface area contributed by atoms with Crippen molar-refractivity contribution in [3.05, 3.63) is 35.9 Å². The zero-order chi connectivity index (χ0) is 26.5. The van der Waals surface area contributed by atoms with Gasteiger partial charge in [-0.25, -0.2) is 9.97 Å². The minimum absolute atomic E-state index is 0.458. The number of aryl methyl sites for hydroxylation is 1. The maximum absolute atomic E-state index is 5.69. The summed E-state index contributed by atoms with van der Waals surface area (Å²) in [6.45, 7) is 10.8. The molecule has 0 bridgehead atoms. The molecule has 0 radical (unpaired) electrons. The van der Waals surface area contributed by atoms with Crippen LogP contribution in [0.4, 0.5) is 5.82 Å². The molecule has 0 spiro atoms. The number of morpholine rings is 1. The van der Waals surface area contributed by atoms with E-state index in [0.717, 1.165) is 84.2 Å². The topological polar surface area (TPSA) is 77.1 Å². The van der Waals surface area contributed by atoms with Crippen molar-refractivity contribution in [1.82, 2.24) is 34.0 Å². The van der Waals surface area contributed by atoms with E-state index >= 15 is 0 Å². The van der Waals surface area contributed by atoms with Crippen LogP contribution in [0.5, 0.6) is 0 Å². The Labute approximate surface area is 230 Å². The van der Waals surface area contributed by atoms with E-state index in [1.165, 1.54) is 32.1 Å². The molecule has 9 nitrogen and oxygen atoms in total. The van der Waals surface area contributed by atoms with E-state index < -0.39 is 0 Å². The molecule has 3 fully saturated rings. The summed E-state index contributed by atoms with van der Waals surface area (Å²) >= 11 is 0. The summed E-state index contributed by atoms with van der Waals surface area (Å²) in [4.78, 5) is 25.6. The van der Waals surface area contributed by atoms with Crippen molar-refractivity contribution >= 4 is 28.0 Å². The molecule has 39 heavy (non-hydrogen) atoms. The Kier molecular flexibility index (Phi) is 6.51. The fraction of sp³-hybridized carbons (Fsp3) is 0.600. The van der Waals surface area contributed by atoms with Gasteiger partial charge in [-0.05, 0) is 62.7 Å². The fourth-order valence-corrected chi connectivity index (χ4v) is 6.49. The van der Waals surface area contributed by atoms with Gasteiger partial charge in [0.05, 0.1) is 30.8 Å². The van der Waals surface area contributed by atoms with Gasteiger partial charge in [0, 0.05) is 26.1 Å². The lowest BCUT2D eigenvalue weighted by Crippen LogP contribution is -2.37. The number of likely N-dealkylation sites (tertiary alicyclic amines) is 1. The highest BCUT2D eigenvalue weighted by Gasteiger charge is 2.30. The summed E-state index contributed by atoms with van der Waals surface area (Å²) in [6.07, 6.45) is 6.13. The van der Waals surface area contributed by atoms with Crippen molar-refractivity contribution in [1.29, 1.82) is 0 Å². The van der Waals surface area contributed by atoms with Gasteiger partial charge >= 0.3 is 0 Å². The Bertz CT molecular complexity index is 1470. The molecule has 4 aromatic rings. The number of ether oxygens (including phenoxy) is 1. The summed E-state index contributed by atoms with van der Waals surface area (Å²) in [6, 6.07) is 8.38. The monoisotopic (exact) mass is 528 g/mol. The molecule has 3 aliphatic rings. The lowest BCUT2D eigenvalue weighted by atomic mass is 9.85. The summed E-state index contributed by atoms with van der Waals surface area (Å²) < 4.78 is 10.1. The normalized spacial score (nSPS) is 19.9. The Morgan fingerprint density at radius 3 is 2.41 bits per heavy atom. The van der Waals surface area contributed by atoms with Crippen LogP contribution in [-0.4, -0.2) is 73.4 Å². The first kappa shape index (κ1) is 25.0. The number of nitrogens with zero attached hydrogens (tertiary/aromatic N) is 8.